The van der Waals surface area contributed by atoms with E-state index in [1.54, 1.807) is 6.08 Å². The molecule has 0 saturated heterocycles. The first-order chi connectivity index (χ1) is 11.5. The first kappa shape index (κ1) is 17.6. The summed E-state index contributed by atoms with van der Waals surface area (Å²) in [7, 11) is 0. The van der Waals surface area contributed by atoms with Crippen LogP contribution in [-0.2, 0) is 4.79 Å². The molecule has 0 saturated carbocycles. The number of rotatable bonds is 4. The van der Waals surface area contributed by atoms with E-state index in [-0.39, 0.29) is 15.8 Å². The van der Waals surface area contributed by atoms with Gasteiger partial charge in [0.05, 0.1) is 4.92 Å². The van der Waals surface area contributed by atoms with Gasteiger partial charge < -0.3 is 5.32 Å². The molecular weight excluding hydrogens is 350 g/mol. The van der Waals surface area contributed by atoms with Crippen LogP contribution in [0.5, 0.6) is 0 Å². The maximum Gasteiger partial charge on any atom is 0.289 e. The highest BCUT2D eigenvalue weighted by Crippen LogP contribution is 2.27. The summed E-state index contributed by atoms with van der Waals surface area (Å²) in [5.41, 5.74) is 0.975. The summed E-state index contributed by atoms with van der Waals surface area (Å²) in [6, 6.07) is 13.4. The van der Waals surface area contributed by atoms with Crippen LogP contribution in [0.15, 0.2) is 54.6 Å². The Bertz CT molecular complexity index is 809. The van der Waals surface area contributed by atoms with Crippen molar-refractivity contribution in [3.63, 3.8) is 0 Å². The van der Waals surface area contributed by atoms with Crippen molar-refractivity contribution in [2.24, 2.45) is 0 Å². The number of thiocarbonyl (C=S) groups is 1. The number of carbonyl (C=O) groups excluding carboxylic acids is 1. The average Bonchev–Trinajstić information content (AvgIpc) is 2.55. The minimum Gasteiger partial charge on any atom is -0.332 e. The summed E-state index contributed by atoms with van der Waals surface area (Å²) >= 11 is 10.7. The lowest BCUT2D eigenvalue weighted by Crippen LogP contribution is -2.32. The summed E-state index contributed by atoms with van der Waals surface area (Å²) in [5.74, 6) is -0.417. The molecule has 0 heterocycles. The topological polar surface area (TPSA) is 84.3 Å². The number of amides is 1. The van der Waals surface area contributed by atoms with Crippen molar-refractivity contribution in [1.82, 2.24) is 5.32 Å². The van der Waals surface area contributed by atoms with Crippen LogP contribution in [0.2, 0.25) is 5.02 Å². The van der Waals surface area contributed by atoms with Gasteiger partial charge in [-0.1, -0.05) is 41.9 Å². The van der Waals surface area contributed by atoms with E-state index in [9.17, 15) is 14.9 Å². The Hall–Kier alpha value is -2.77. The molecule has 0 unspecified atom stereocenters. The number of benzene rings is 2. The number of nitro groups is 1. The van der Waals surface area contributed by atoms with Gasteiger partial charge in [-0.05, 0) is 36.0 Å². The molecule has 2 rings (SSSR count). The molecule has 0 aliphatic heterocycles. The van der Waals surface area contributed by atoms with Crippen molar-refractivity contribution in [1.29, 1.82) is 0 Å². The Morgan fingerprint density at radius 3 is 2.58 bits per heavy atom. The molecule has 6 nitrogen and oxygen atoms in total. The second-order valence-corrected chi connectivity index (χ2v) is 5.43. The normalized spacial score (nSPS) is 10.4. The molecule has 0 aliphatic rings. The standard InChI is InChI=1S/C16H12ClN3O3S/c17-13-8-7-12(10-14(13)20(22)23)18-16(24)19-15(21)9-6-11-4-2-1-3-5-11/h1-10H,(H2,18,19,21,24)/b9-6+. The van der Waals surface area contributed by atoms with E-state index in [0.29, 0.717) is 5.69 Å². The Morgan fingerprint density at radius 2 is 1.92 bits per heavy atom. The van der Waals surface area contributed by atoms with Gasteiger partial charge in [0.15, 0.2) is 5.11 Å². The number of nitro benzene ring substituents is 1. The fraction of sp³-hybridized carbons (Fsp3) is 0. The van der Waals surface area contributed by atoms with E-state index in [4.69, 9.17) is 23.8 Å². The lowest BCUT2D eigenvalue weighted by Gasteiger charge is -2.08. The Morgan fingerprint density at radius 1 is 1.21 bits per heavy atom. The van der Waals surface area contributed by atoms with Crippen LogP contribution in [0.3, 0.4) is 0 Å². The minimum atomic E-state index is -0.599. The SMILES string of the molecule is O=C(/C=C/c1ccccc1)NC(=S)Nc1ccc(Cl)c([N+](=O)[O-])c1. The summed E-state index contributed by atoms with van der Waals surface area (Å²) in [6.45, 7) is 0. The highest BCUT2D eigenvalue weighted by atomic mass is 35.5. The molecule has 0 aliphatic carbocycles. The van der Waals surface area contributed by atoms with Crippen molar-refractivity contribution >= 4 is 52.3 Å². The number of anilines is 1. The van der Waals surface area contributed by atoms with Gasteiger partial charge in [0.25, 0.3) is 5.69 Å². The van der Waals surface area contributed by atoms with E-state index < -0.39 is 10.8 Å². The first-order valence-electron chi connectivity index (χ1n) is 6.75. The van der Waals surface area contributed by atoms with Gasteiger partial charge in [0.2, 0.25) is 5.91 Å². The van der Waals surface area contributed by atoms with E-state index in [2.05, 4.69) is 10.6 Å². The molecule has 2 aromatic carbocycles. The van der Waals surface area contributed by atoms with Gasteiger partial charge in [0, 0.05) is 17.8 Å². The van der Waals surface area contributed by atoms with Gasteiger partial charge in [-0.15, -0.1) is 0 Å². The van der Waals surface area contributed by atoms with Gasteiger partial charge in [-0.3, -0.25) is 20.2 Å². The predicted molar refractivity (Wildman–Crippen MR) is 97.9 cm³/mol. The lowest BCUT2D eigenvalue weighted by atomic mass is 10.2. The largest absolute Gasteiger partial charge is 0.332 e. The van der Waals surface area contributed by atoms with Gasteiger partial charge >= 0.3 is 0 Å². The molecule has 0 radical (unpaired) electrons. The van der Waals surface area contributed by atoms with Gasteiger partial charge in [-0.2, -0.15) is 0 Å². The number of nitrogens with one attached hydrogen (secondary N) is 2. The highest BCUT2D eigenvalue weighted by molar-refractivity contribution is 7.80. The number of halogens is 1. The first-order valence-corrected chi connectivity index (χ1v) is 7.53. The van der Waals surface area contributed by atoms with E-state index in [1.165, 1.54) is 24.3 Å². The zero-order valence-corrected chi connectivity index (χ0v) is 13.8. The van der Waals surface area contributed by atoms with Crippen molar-refractivity contribution < 1.29 is 9.72 Å². The van der Waals surface area contributed by atoms with Crippen LogP contribution in [0, 0.1) is 10.1 Å². The third kappa shape index (κ3) is 5.15. The summed E-state index contributed by atoms with van der Waals surface area (Å²) in [4.78, 5) is 22.0. The van der Waals surface area contributed by atoms with E-state index in [0.717, 1.165) is 5.56 Å². The molecule has 8 heteroatoms. The molecule has 0 fully saturated rings. The van der Waals surface area contributed by atoms with Crippen LogP contribution in [0.1, 0.15) is 5.56 Å². The van der Waals surface area contributed by atoms with Crippen LogP contribution in [0.4, 0.5) is 11.4 Å². The monoisotopic (exact) mass is 361 g/mol. The minimum absolute atomic E-state index is 0.0197. The molecular formula is C16H12ClN3O3S. The molecule has 0 atom stereocenters. The zero-order valence-electron chi connectivity index (χ0n) is 12.2. The molecule has 24 heavy (non-hydrogen) atoms. The van der Waals surface area contributed by atoms with Crippen LogP contribution in [0.25, 0.3) is 6.08 Å². The van der Waals surface area contributed by atoms with Gasteiger partial charge in [-0.25, -0.2) is 0 Å². The average molecular weight is 362 g/mol. The molecule has 2 aromatic rings. The van der Waals surface area contributed by atoms with Crippen LogP contribution in [-0.4, -0.2) is 15.9 Å². The summed E-state index contributed by atoms with van der Waals surface area (Å²) in [6.07, 6.45) is 2.98. The van der Waals surface area contributed by atoms with E-state index in [1.807, 2.05) is 30.3 Å². The second kappa shape index (κ2) is 8.19. The fourth-order valence-corrected chi connectivity index (χ4v) is 2.19. The summed E-state index contributed by atoms with van der Waals surface area (Å²) < 4.78 is 0. The van der Waals surface area contributed by atoms with Crippen LogP contribution >= 0.6 is 23.8 Å². The molecule has 2 N–H and O–H groups in total. The molecule has 0 bridgehead atoms. The molecule has 0 spiro atoms. The molecule has 1 amide bonds. The highest BCUT2D eigenvalue weighted by Gasteiger charge is 2.13. The fourth-order valence-electron chi connectivity index (χ4n) is 1.78. The Balaban J connectivity index is 1.96. The van der Waals surface area contributed by atoms with Crippen molar-refractivity contribution in [3.05, 3.63) is 75.3 Å². The number of carbonyl (C=O) groups is 1. The lowest BCUT2D eigenvalue weighted by molar-refractivity contribution is -0.384. The van der Waals surface area contributed by atoms with E-state index >= 15 is 0 Å². The second-order valence-electron chi connectivity index (χ2n) is 4.61. The van der Waals surface area contributed by atoms with Crippen molar-refractivity contribution in [2.75, 3.05) is 5.32 Å². The van der Waals surface area contributed by atoms with Crippen LogP contribution < -0.4 is 10.6 Å². The quantitative estimate of drug-likeness (QED) is 0.375. The van der Waals surface area contributed by atoms with Gasteiger partial charge in [0.1, 0.15) is 5.02 Å². The number of hydrogen-bond donors (Lipinski definition) is 2. The molecule has 122 valence electrons. The number of hydrogen-bond acceptors (Lipinski definition) is 4. The smallest absolute Gasteiger partial charge is 0.289 e. The summed E-state index contributed by atoms with van der Waals surface area (Å²) in [5, 5.41) is 16.0. The Kier molecular flexibility index (Phi) is 6.00. The maximum atomic E-state index is 11.8. The maximum absolute atomic E-state index is 11.8. The van der Waals surface area contributed by atoms with Crippen molar-refractivity contribution in [3.8, 4) is 0 Å². The predicted octanol–water partition coefficient (Wildman–Crippen LogP) is 3.77. The third-order valence-electron chi connectivity index (χ3n) is 2.86. The number of nitrogens with zero attached hydrogens (tertiary/aromatic N) is 1. The third-order valence-corrected chi connectivity index (χ3v) is 3.39. The molecule has 0 aromatic heterocycles. The zero-order chi connectivity index (χ0) is 17.5. The van der Waals surface area contributed by atoms with Crippen molar-refractivity contribution in [2.45, 2.75) is 0 Å². The Labute approximate surface area is 148 Å².